The Morgan fingerprint density at radius 2 is 1.40 bits per heavy atom. The highest BCUT2D eigenvalue weighted by Crippen LogP contribution is 2.51. The van der Waals surface area contributed by atoms with Crippen molar-refractivity contribution in [2.45, 2.75) is 83.8 Å². The number of hydrogen-bond acceptors (Lipinski definition) is 6. The molecule has 2 aliphatic heterocycles. The zero-order chi connectivity index (χ0) is 41.0. The van der Waals surface area contributed by atoms with E-state index < -0.39 is 33.3 Å². The second-order valence-electron chi connectivity index (χ2n) is 16.5. The van der Waals surface area contributed by atoms with Gasteiger partial charge in [0.2, 0.25) is 5.91 Å². The number of benzene rings is 4. The van der Waals surface area contributed by atoms with Crippen molar-refractivity contribution in [2.24, 2.45) is 5.92 Å². The molecule has 0 aliphatic carbocycles. The summed E-state index contributed by atoms with van der Waals surface area (Å²) in [5, 5.41) is 2.70. The second kappa shape index (κ2) is 17.4. The molecule has 4 aromatic carbocycles. The van der Waals surface area contributed by atoms with Gasteiger partial charge in [-0.15, -0.1) is 6.58 Å². The maximum Gasteiger partial charge on any atom is 0.410 e. The van der Waals surface area contributed by atoms with Gasteiger partial charge in [-0.25, -0.2) is 4.79 Å². The number of nitrogens with zero attached hydrogens (tertiary/aromatic N) is 2. The number of carbonyl (C=O) groups excluding carboxylic acids is 4. The third-order valence-electron chi connectivity index (χ3n) is 11.8. The molecule has 0 bridgehead atoms. The molecule has 10 heteroatoms. The van der Waals surface area contributed by atoms with Crippen LogP contribution in [0.4, 0.5) is 4.79 Å². The first-order valence-corrected chi connectivity index (χ1v) is 24.5. The summed E-state index contributed by atoms with van der Waals surface area (Å²) >= 11 is 0. The summed E-state index contributed by atoms with van der Waals surface area (Å²) in [6.07, 6.45) is 1.47. The molecule has 4 aromatic rings. The SMILES string of the molecule is C=CCCC(=O)C(N1C(=O)[C@H](C(C)O[Si](C)(C)C(C)(C)C)[C@H]1CC(=O)c1ccc(CN2CCOC2=O)cc1)=P(c1ccccc1)(c1ccccc1)c1ccccc1. The molecular formula is C47H55N2O6PSi. The van der Waals surface area contributed by atoms with E-state index in [0.29, 0.717) is 37.1 Å². The van der Waals surface area contributed by atoms with Crippen LogP contribution in [0.3, 0.4) is 0 Å². The van der Waals surface area contributed by atoms with Crippen molar-refractivity contribution in [2.75, 3.05) is 13.2 Å². The molecule has 298 valence electrons. The van der Waals surface area contributed by atoms with Gasteiger partial charge >= 0.3 is 6.09 Å². The van der Waals surface area contributed by atoms with Crippen LogP contribution in [0.25, 0.3) is 0 Å². The van der Waals surface area contributed by atoms with Crippen LogP contribution in [0, 0.1) is 5.92 Å². The van der Waals surface area contributed by atoms with E-state index in [0.717, 1.165) is 21.5 Å². The number of ketones is 2. The van der Waals surface area contributed by atoms with Crippen LogP contribution in [-0.4, -0.2) is 72.4 Å². The van der Waals surface area contributed by atoms with Gasteiger partial charge in [-0.1, -0.05) is 142 Å². The molecule has 0 aromatic heterocycles. The molecule has 2 aliphatic rings. The van der Waals surface area contributed by atoms with Crippen molar-refractivity contribution in [3.05, 3.63) is 139 Å². The molecule has 2 saturated heterocycles. The highest BCUT2D eigenvalue weighted by Gasteiger charge is 2.56. The molecule has 3 atom stereocenters. The molecule has 0 saturated carbocycles. The van der Waals surface area contributed by atoms with Crippen LogP contribution in [0.5, 0.6) is 0 Å². The lowest BCUT2D eigenvalue weighted by Gasteiger charge is -2.53. The monoisotopic (exact) mass is 802 g/mol. The molecule has 2 amide bonds. The van der Waals surface area contributed by atoms with Gasteiger partial charge in [0.05, 0.1) is 30.0 Å². The lowest BCUT2D eigenvalue weighted by atomic mass is 9.79. The van der Waals surface area contributed by atoms with Crippen molar-refractivity contribution in [1.82, 2.24) is 9.80 Å². The number of hydrogen-bond donors (Lipinski definition) is 0. The Kier molecular flexibility index (Phi) is 12.7. The number of cyclic esters (lactones) is 1. The fourth-order valence-corrected chi connectivity index (χ4v) is 13.7. The fraction of sp³-hybridized carbons (Fsp3) is 0.340. The van der Waals surface area contributed by atoms with Gasteiger partial charge in [-0.05, 0) is 53.0 Å². The summed E-state index contributed by atoms with van der Waals surface area (Å²) in [6, 6.07) is 36.7. The predicted octanol–water partition coefficient (Wildman–Crippen LogP) is 8.11. The number of allylic oxidation sites excluding steroid dienone is 1. The zero-order valence-electron chi connectivity index (χ0n) is 34.0. The molecule has 2 fully saturated rings. The van der Waals surface area contributed by atoms with Crippen LogP contribution in [0.15, 0.2) is 128 Å². The van der Waals surface area contributed by atoms with E-state index in [1.54, 1.807) is 28.0 Å². The molecule has 2 heterocycles. The molecule has 1 unspecified atom stereocenters. The van der Waals surface area contributed by atoms with Gasteiger partial charge in [-0.2, -0.15) is 0 Å². The summed E-state index contributed by atoms with van der Waals surface area (Å²) in [4.78, 5) is 60.3. The Hall–Kier alpha value is -4.82. The smallest absolute Gasteiger partial charge is 0.410 e. The lowest BCUT2D eigenvalue weighted by Crippen LogP contribution is -2.69. The van der Waals surface area contributed by atoms with Gasteiger partial charge in [0.25, 0.3) is 0 Å². The summed E-state index contributed by atoms with van der Waals surface area (Å²) in [5.74, 6) is -1.15. The predicted molar refractivity (Wildman–Crippen MR) is 234 cm³/mol. The maximum absolute atomic E-state index is 15.2. The van der Waals surface area contributed by atoms with Gasteiger partial charge in [0.1, 0.15) is 6.61 Å². The van der Waals surface area contributed by atoms with Crippen molar-refractivity contribution in [1.29, 1.82) is 0 Å². The summed E-state index contributed by atoms with van der Waals surface area (Å²) in [7, 11) is -2.36. The Labute approximate surface area is 339 Å². The van der Waals surface area contributed by atoms with E-state index in [-0.39, 0.29) is 41.4 Å². The van der Waals surface area contributed by atoms with Gasteiger partial charge in [0, 0.05) is 31.8 Å². The first kappa shape index (κ1) is 41.8. The first-order chi connectivity index (χ1) is 27.2. The van der Waals surface area contributed by atoms with Crippen LogP contribution < -0.4 is 15.9 Å². The number of ether oxygens (including phenoxy) is 1. The highest BCUT2D eigenvalue weighted by atomic mass is 31.2. The molecule has 8 nitrogen and oxygen atoms in total. The largest absolute Gasteiger partial charge is 0.448 e. The average Bonchev–Trinajstić information content (AvgIpc) is 3.60. The summed E-state index contributed by atoms with van der Waals surface area (Å²) in [6.45, 7) is 14.9. The second-order valence-corrected chi connectivity index (χ2v) is 24.6. The number of rotatable bonds is 16. The van der Waals surface area contributed by atoms with E-state index in [2.05, 4.69) is 76.8 Å². The molecule has 57 heavy (non-hydrogen) atoms. The van der Waals surface area contributed by atoms with Crippen molar-refractivity contribution < 1.29 is 28.3 Å². The number of β-lactam (4-membered cyclic amide) rings is 1. The minimum atomic E-state index is -3.07. The zero-order valence-corrected chi connectivity index (χ0v) is 35.9. The van der Waals surface area contributed by atoms with Gasteiger partial charge < -0.3 is 19.0 Å². The van der Waals surface area contributed by atoms with Crippen LogP contribution in [0.1, 0.15) is 62.9 Å². The molecule has 6 rings (SSSR count). The lowest BCUT2D eigenvalue weighted by molar-refractivity contribution is -0.154. The Morgan fingerprint density at radius 1 is 0.877 bits per heavy atom. The topological polar surface area (TPSA) is 93.2 Å². The summed E-state index contributed by atoms with van der Waals surface area (Å²) < 4.78 is 12.0. The first-order valence-electron chi connectivity index (χ1n) is 19.8. The van der Waals surface area contributed by atoms with E-state index in [9.17, 15) is 9.59 Å². The van der Waals surface area contributed by atoms with E-state index in [1.165, 1.54) is 0 Å². The van der Waals surface area contributed by atoms with Crippen LogP contribution in [0.2, 0.25) is 18.1 Å². The molecule has 0 radical (unpaired) electrons. The van der Waals surface area contributed by atoms with Crippen molar-refractivity contribution in [3.8, 4) is 0 Å². The van der Waals surface area contributed by atoms with E-state index >= 15 is 9.59 Å². The van der Waals surface area contributed by atoms with Gasteiger partial charge in [-0.3, -0.25) is 14.4 Å². The number of carbonyl (C=O) groups is 4. The van der Waals surface area contributed by atoms with Crippen LogP contribution in [-0.2, 0) is 25.3 Å². The highest BCUT2D eigenvalue weighted by molar-refractivity contribution is 7.96. The fourth-order valence-electron chi connectivity index (χ4n) is 7.77. The van der Waals surface area contributed by atoms with Crippen LogP contribution >= 0.6 is 6.89 Å². The number of likely N-dealkylation sites (tertiary alicyclic amines) is 1. The Balaban J connectivity index is 1.55. The molecular weight excluding hydrogens is 748 g/mol. The van der Waals surface area contributed by atoms with Crippen molar-refractivity contribution >= 4 is 60.1 Å². The average molecular weight is 803 g/mol. The van der Waals surface area contributed by atoms with Gasteiger partial charge in [0.15, 0.2) is 19.9 Å². The third kappa shape index (κ3) is 8.43. The van der Waals surface area contributed by atoms with Crippen molar-refractivity contribution in [3.63, 3.8) is 0 Å². The number of amides is 2. The van der Waals surface area contributed by atoms with E-state index in [4.69, 9.17) is 9.16 Å². The Morgan fingerprint density at radius 3 is 1.86 bits per heavy atom. The Bertz CT molecular complexity index is 2050. The minimum absolute atomic E-state index is 0.00395. The number of Topliss-reactive ketones (excluding diaryl/α,β-unsaturated/α-hetero) is 2. The van der Waals surface area contributed by atoms with E-state index in [1.807, 2.05) is 73.7 Å². The third-order valence-corrected chi connectivity index (χ3v) is 20.6. The standard InChI is InChI=1S/C47H55N2O6PSi/c1-8-9-25-41(50)45(56(37-19-13-10-14-20-37,38-21-15-11-16-22-38)39-23-17-12-18-24-39)49-40(43(44(49)52)34(2)55-57(6,7)47(3,4)5)32-42(51)36-28-26-35(27-29-36)33-48-30-31-54-46(48)53/h8,10-24,26-29,34,40,43H,1,9,25,30-33H2,2-7H3/t34?,40-,43-/m1/s1. The summed E-state index contributed by atoms with van der Waals surface area (Å²) in [5.41, 5.74) is 1.81. The quantitative estimate of drug-likeness (QED) is 0.0374. The normalized spacial score (nSPS) is 17.8. The minimum Gasteiger partial charge on any atom is -0.448 e. The maximum atomic E-state index is 15.2. The molecule has 0 N–H and O–H groups in total. The molecule has 0 spiro atoms.